The molecule has 6 heteroatoms. The lowest BCUT2D eigenvalue weighted by Gasteiger charge is -2.26. The van der Waals surface area contributed by atoms with Crippen molar-refractivity contribution in [2.75, 3.05) is 46.9 Å². The minimum absolute atomic E-state index is 0.0350. The van der Waals surface area contributed by atoms with E-state index in [-0.39, 0.29) is 22.4 Å². The Morgan fingerprint density at radius 3 is 2.91 bits per heavy atom. The van der Waals surface area contributed by atoms with Crippen molar-refractivity contribution < 1.29 is 13.9 Å². The summed E-state index contributed by atoms with van der Waals surface area (Å²) < 4.78 is 19.6. The lowest BCUT2D eigenvalue weighted by atomic mass is 10.1. The Morgan fingerprint density at radius 2 is 2.23 bits per heavy atom. The maximum absolute atomic E-state index is 14.1. The standard InChI is InChI=1S/C16H22ClFN2O2/c1-11-4-5-13(18)14(15(11)17)16(21)20-6-7-22-10-12(9-20)8-19(2)3/h4-5,12H,6-10H2,1-3H3/t12-/m0/s1. The Balaban J connectivity index is 2.22. The SMILES string of the molecule is Cc1ccc(F)c(C(=O)N2CCOC[C@@H](CN(C)C)C2)c1Cl. The van der Waals surface area contributed by atoms with Crippen molar-refractivity contribution >= 4 is 17.5 Å². The molecule has 0 saturated carbocycles. The first-order valence-electron chi connectivity index (χ1n) is 7.36. The van der Waals surface area contributed by atoms with E-state index >= 15 is 0 Å². The van der Waals surface area contributed by atoms with E-state index in [1.165, 1.54) is 6.07 Å². The first-order valence-corrected chi connectivity index (χ1v) is 7.74. The predicted octanol–water partition coefficient (Wildman–Crippen LogP) is 2.44. The monoisotopic (exact) mass is 328 g/mol. The molecule has 1 aromatic carbocycles. The zero-order chi connectivity index (χ0) is 16.3. The van der Waals surface area contributed by atoms with Crippen molar-refractivity contribution in [1.29, 1.82) is 0 Å². The largest absolute Gasteiger partial charge is 0.379 e. The summed E-state index contributed by atoms with van der Waals surface area (Å²) in [6.45, 7) is 4.63. The molecular formula is C16H22ClFN2O2. The molecule has 1 heterocycles. The van der Waals surface area contributed by atoms with Gasteiger partial charge in [-0.15, -0.1) is 0 Å². The van der Waals surface area contributed by atoms with Crippen LogP contribution in [0.4, 0.5) is 4.39 Å². The van der Waals surface area contributed by atoms with Crippen LogP contribution in [0.15, 0.2) is 12.1 Å². The number of nitrogens with zero attached hydrogens (tertiary/aromatic N) is 2. The van der Waals surface area contributed by atoms with Gasteiger partial charge in [-0.3, -0.25) is 4.79 Å². The van der Waals surface area contributed by atoms with Crippen LogP contribution in [-0.4, -0.2) is 62.7 Å². The zero-order valence-corrected chi connectivity index (χ0v) is 14.0. The summed E-state index contributed by atoms with van der Waals surface area (Å²) in [4.78, 5) is 16.4. The number of halogens is 2. The van der Waals surface area contributed by atoms with Gasteiger partial charge in [0, 0.05) is 25.6 Å². The Labute approximate surface area is 135 Å². The summed E-state index contributed by atoms with van der Waals surface area (Å²) in [6.07, 6.45) is 0. The lowest BCUT2D eigenvalue weighted by molar-refractivity contribution is 0.0730. The molecular weight excluding hydrogens is 307 g/mol. The summed E-state index contributed by atoms with van der Waals surface area (Å²) in [6, 6.07) is 2.87. The van der Waals surface area contributed by atoms with Gasteiger partial charge in [-0.25, -0.2) is 4.39 Å². The summed E-state index contributed by atoms with van der Waals surface area (Å²) in [5.41, 5.74) is 0.662. The summed E-state index contributed by atoms with van der Waals surface area (Å²) in [7, 11) is 3.96. The van der Waals surface area contributed by atoms with Crippen molar-refractivity contribution in [1.82, 2.24) is 9.80 Å². The van der Waals surface area contributed by atoms with E-state index in [0.29, 0.717) is 31.9 Å². The van der Waals surface area contributed by atoms with Crippen LogP contribution in [0, 0.1) is 18.7 Å². The maximum Gasteiger partial charge on any atom is 0.258 e. The van der Waals surface area contributed by atoms with Crippen LogP contribution >= 0.6 is 11.6 Å². The number of hydrogen-bond donors (Lipinski definition) is 0. The third-order valence-corrected chi connectivity index (χ3v) is 4.23. The molecule has 0 bridgehead atoms. The van der Waals surface area contributed by atoms with Crippen molar-refractivity contribution in [3.05, 3.63) is 34.1 Å². The molecule has 0 N–H and O–H groups in total. The van der Waals surface area contributed by atoms with Crippen molar-refractivity contribution in [3.63, 3.8) is 0 Å². The molecule has 122 valence electrons. The van der Waals surface area contributed by atoms with E-state index < -0.39 is 5.82 Å². The highest BCUT2D eigenvalue weighted by molar-refractivity contribution is 6.34. The van der Waals surface area contributed by atoms with Crippen molar-refractivity contribution in [3.8, 4) is 0 Å². The number of hydrogen-bond acceptors (Lipinski definition) is 3. The van der Waals surface area contributed by atoms with Gasteiger partial charge >= 0.3 is 0 Å². The predicted molar refractivity (Wildman–Crippen MR) is 84.9 cm³/mol. The molecule has 1 fully saturated rings. The van der Waals surface area contributed by atoms with Crippen molar-refractivity contribution in [2.24, 2.45) is 5.92 Å². The third-order valence-electron chi connectivity index (χ3n) is 3.75. The number of amides is 1. The van der Waals surface area contributed by atoms with E-state index in [2.05, 4.69) is 4.90 Å². The zero-order valence-electron chi connectivity index (χ0n) is 13.2. The fraction of sp³-hybridized carbons (Fsp3) is 0.562. The fourth-order valence-electron chi connectivity index (χ4n) is 2.70. The summed E-state index contributed by atoms with van der Waals surface area (Å²) in [5, 5.41) is 0.194. The fourth-order valence-corrected chi connectivity index (χ4v) is 2.94. The number of rotatable bonds is 3. The highest BCUT2D eigenvalue weighted by Gasteiger charge is 2.27. The second-order valence-corrected chi connectivity index (χ2v) is 6.39. The quantitative estimate of drug-likeness (QED) is 0.854. The Hall–Kier alpha value is -1.17. The van der Waals surface area contributed by atoms with Crippen LogP contribution in [0.5, 0.6) is 0 Å². The minimum Gasteiger partial charge on any atom is -0.379 e. The minimum atomic E-state index is -0.574. The Morgan fingerprint density at radius 1 is 1.50 bits per heavy atom. The van der Waals surface area contributed by atoms with Gasteiger partial charge in [-0.2, -0.15) is 0 Å². The second kappa shape index (κ2) is 7.40. The van der Waals surface area contributed by atoms with E-state index in [1.54, 1.807) is 17.9 Å². The maximum atomic E-state index is 14.1. The van der Waals surface area contributed by atoms with Crippen LogP contribution in [-0.2, 0) is 4.74 Å². The number of carbonyl (C=O) groups excluding carboxylic acids is 1. The van der Waals surface area contributed by atoms with Gasteiger partial charge < -0.3 is 14.5 Å². The van der Waals surface area contributed by atoms with Gasteiger partial charge in [0.25, 0.3) is 5.91 Å². The topological polar surface area (TPSA) is 32.8 Å². The molecule has 1 aliphatic heterocycles. The molecule has 4 nitrogen and oxygen atoms in total. The van der Waals surface area contributed by atoms with E-state index in [9.17, 15) is 9.18 Å². The van der Waals surface area contributed by atoms with Crippen LogP contribution in [0.1, 0.15) is 15.9 Å². The van der Waals surface area contributed by atoms with Gasteiger partial charge in [0.1, 0.15) is 5.82 Å². The molecule has 0 radical (unpaired) electrons. The molecule has 1 amide bonds. The molecule has 0 unspecified atom stereocenters. The van der Waals surface area contributed by atoms with E-state index in [0.717, 1.165) is 6.54 Å². The van der Waals surface area contributed by atoms with Crippen LogP contribution < -0.4 is 0 Å². The molecule has 1 saturated heterocycles. The molecule has 1 aromatic rings. The molecule has 0 spiro atoms. The average molecular weight is 329 g/mol. The van der Waals surface area contributed by atoms with E-state index in [1.807, 2.05) is 14.1 Å². The van der Waals surface area contributed by atoms with Gasteiger partial charge in [-0.1, -0.05) is 17.7 Å². The molecule has 0 aromatic heterocycles. The smallest absolute Gasteiger partial charge is 0.258 e. The van der Waals surface area contributed by atoms with Crippen LogP contribution in [0.2, 0.25) is 5.02 Å². The number of aryl methyl sites for hydroxylation is 1. The third kappa shape index (κ3) is 3.97. The normalized spacial score (nSPS) is 19.4. The number of ether oxygens (including phenoxy) is 1. The Kier molecular flexibility index (Phi) is 5.78. The lowest BCUT2D eigenvalue weighted by Crippen LogP contribution is -2.39. The van der Waals surface area contributed by atoms with Crippen molar-refractivity contribution in [2.45, 2.75) is 6.92 Å². The molecule has 1 atom stereocenters. The highest BCUT2D eigenvalue weighted by Crippen LogP contribution is 2.25. The summed E-state index contributed by atoms with van der Waals surface area (Å²) in [5.74, 6) is -0.733. The van der Waals surface area contributed by atoms with Gasteiger partial charge in [-0.05, 0) is 32.6 Å². The van der Waals surface area contributed by atoms with Crippen LogP contribution in [0.25, 0.3) is 0 Å². The highest BCUT2D eigenvalue weighted by atomic mass is 35.5. The van der Waals surface area contributed by atoms with E-state index in [4.69, 9.17) is 16.3 Å². The average Bonchev–Trinajstić information content (AvgIpc) is 2.68. The first-order chi connectivity index (χ1) is 10.4. The Bertz CT molecular complexity index is 551. The second-order valence-electron chi connectivity index (χ2n) is 6.01. The molecule has 22 heavy (non-hydrogen) atoms. The van der Waals surface area contributed by atoms with Gasteiger partial charge in [0.15, 0.2) is 0 Å². The molecule has 0 aliphatic carbocycles. The molecule has 1 aliphatic rings. The molecule has 2 rings (SSSR count). The van der Waals surface area contributed by atoms with Crippen LogP contribution in [0.3, 0.4) is 0 Å². The first kappa shape index (κ1) is 17.2. The van der Waals surface area contributed by atoms with Gasteiger partial charge in [0.2, 0.25) is 0 Å². The number of carbonyl (C=O) groups is 1. The number of benzene rings is 1. The summed E-state index contributed by atoms with van der Waals surface area (Å²) >= 11 is 6.15. The van der Waals surface area contributed by atoms with Gasteiger partial charge in [0.05, 0.1) is 23.8 Å².